The molecule has 192 valence electrons. The van der Waals surface area contributed by atoms with E-state index in [2.05, 4.69) is 58.1 Å². The lowest BCUT2D eigenvalue weighted by Crippen LogP contribution is -2.53. The van der Waals surface area contributed by atoms with Crippen molar-refractivity contribution in [2.24, 2.45) is 0 Å². The second-order valence-electron chi connectivity index (χ2n) is 8.87. The minimum absolute atomic E-state index is 0.223. The smallest absolute Gasteiger partial charge is 0.407 e. The molecular formula is C27H39N2O6+. The standard InChI is InChI=1S/C27H38N2O6/c1-8-23(30)34-18-27(6,19-35-24(31)9-2)28-26(32)33-15-13-11-10-12-14-29(7)25-21(4)16-20(3)17-22(25)5/h8-9,16-17H,1-2,7,10-15,18-19H2,3-6H3/p+1. The van der Waals surface area contributed by atoms with Crippen molar-refractivity contribution in [1.29, 1.82) is 0 Å². The Hall–Kier alpha value is -3.42. The third-order valence-electron chi connectivity index (χ3n) is 5.31. The van der Waals surface area contributed by atoms with Crippen LogP contribution >= 0.6 is 0 Å². The summed E-state index contributed by atoms with van der Waals surface area (Å²) in [7, 11) is 0. The van der Waals surface area contributed by atoms with Crippen molar-refractivity contribution in [1.82, 2.24) is 5.32 Å². The van der Waals surface area contributed by atoms with E-state index in [-0.39, 0.29) is 19.8 Å². The molecule has 1 amide bonds. The van der Waals surface area contributed by atoms with E-state index in [0.29, 0.717) is 6.42 Å². The third-order valence-corrected chi connectivity index (χ3v) is 5.31. The topological polar surface area (TPSA) is 93.9 Å². The minimum Gasteiger partial charge on any atom is -0.460 e. The summed E-state index contributed by atoms with van der Waals surface area (Å²) >= 11 is 0. The number of nitrogens with zero attached hydrogens (tertiary/aromatic N) is 1. The maximum atomic E-state index is 12.2. The van der Waals surface area contributed by atoms with Gasteiger partial charge in [0.1, 0.15) is 32.0 Å². The molecule has 0 bridgehead atoms. The van der Waals surface area contributed by atoms with Gasteiger partial charge in [-0.25, -0.2) is 19.0 Å². The molecule has 0 saturated carbocycles. The first-order valence-electron chi connectivity index (χ1n) is 11.7. The fourth-order valence-electron chi connectivity index (χ4n) is 3.68. The Kier molecular flexibility index (Phi) is 12.5. The van der Waals surface area contributed by atoms with E-state index in [1.165, 1.54) is 22.4 Å². The molecule has 0 aromatic heterocycles. The lowest BCUT2D eigenvalue weighted by molar-refractivity contribution is -0.433. The molecule has 0 fully saturated rings. The zero-order valence-corrected chi connectivity index (χ0v) is 21.5. The van der Waals surface area contributed by atoms with Crippen LogP contribution in [0.4, 0.5) is 10.5 Å². The van der Waals surface area contributed by atoms with Gasteiger partial charge in [-0.1, -0.05) is 18.7 Å². The van der Waals surface area contributed by atoms with Gasteiger partial charge in [0.25, 0.3) is 0 Å². The van der Waals surface area contributed by atoms with Gasteiger partial charge < -0.3 is 19.5 Å². The average molecular weight is 488 g/mol. The first kappa shape index (κ1) is 29.6. The highest BCUT2D eigenvalue weighted by molar-refractivity contribution is 5.82. The molecule has 0 unspecified atom stereocenters. The monoisotopic (exact) mass is 487 g/mol. The Morgan fingerprint density at radius 2 is 1.43 bits per heavy atom. The minimum atomic E-state index is -1.17. The van der Waals surface area contributed by atoms with Crippen LogP contribution in [-0.2, 0) is 23.8 Å². The highest BCUT2D eigenvalue weighted by Crippen LogP contribution is 2.24. The molecular weight excluding hydrogens is 448 g/mol. The lowest BCUT2D eigenvalue weighted by atomic mass is 10.0. The molecule has 0 spiro atoms. The maximum Gasteiger partial charge on any atom is 0.407 e. The summed E-state index contributed by atoms with van der Waals surface area (Å²) < 4.78 is 17.3. The molecule has 0 aliphatic rings. The zero-order valence-electron chi connectivity index (χ0n) is 21.5. The predicted octanol–water partition coefficient (Wildman–Crippen LogP) is 4.46. The molecule has 8 nitrogen and oxygen atoms in total. The Morgan fingerprint density at radius 3 is 1.94 bits per heavy atom. The van der Waals surface area contributed by atoms with E-state index in [1.807, 2.05) is 4.58 Å². The van der Waals surface area contributed by atoms with Crippen LogP contribution in [0.15, 0.2) is 37.4 Å². The molecule has 1 rings (SSSR count). The van der Waals surface area contributed by atoms with Gasteiger partial charge in [-0.3, -0.25) is 0 Å². The molecule has 35 heavy (non-hydrogen) atoms. The Labute approximate surface area is 208 Å². The van der Waals surface area contributed by atoms with E-state index >= 15 is 0 Å². The average Bonchev–Trinajstić information content (AvgIpc) is 2.79. The molecule has 0 heterocycles. The normalized spacial score (nSPS) is 10.7. The molecule has 0 aliphatic carbocycles. The summed E-state index contributed by atoms with van der Waals surface area (Å²) in [6, 6.07) is 4.33. The number of amides is 1. The van der Waals surface area contributed by atoms with E-state index < -0.39 is 23.6 Å². The van der Waals surface area contributed by atoms with Crippen molar-refractivity contribution in [3.8, 4) is 0 Å². The van der Waals surface area contributed by atoms with E-state index in [9.17, 15) is 14.4 Å². The molecule has 1 aromatic carbocycles. The van der Waals surface area contributed by atoms with Crippen molar-refractivity contribution in [2.75, 3.05) is 26.4 Å². The van der Waals surface area contributed by atoms with Crippen LogP contribution in [0.1, 0.15) is 49.3 Å². The summed E-state index contributed by atoms with van der Waals surface area (Å²) in [5.74, 6) is -1.31. The van der Waals surface area contributed by atoms with Gasteiger partial charge in [-0.2, -0.15) is 0 Å². The number of hydrogen-bond donors (Lipinski definition) is 1. The highest BCUT2D eigenvalue weighted by atomic mass is 16.6. The highest BCUT2D eigenvalue weighted by Gasteiger charge is 2.30. The number of rotatable bonds is 15. The van der Waals surface area contributed by atoms with Crippen molar-refractivity contribution in [3.05, 3.63) is 54.1 Å². The van der Waals surface area contributed by atoms with Crippen molar-refractivity contribution < 1.29 is 33.2 Å². The summed E-state index contributed by atoms with van der Waals surface area (Å²) in [5.41, 5.74) is 3.70. The van der Waals surface area contributed by atoms with E-state index in [0.717, 1.165) is 38.0 Å². The number of carbonyl (C=O) groups is 3. The summed E-state index contributed by atoms with van der Waals surface area (Å²) in [6.45, 7) is 19.4. The molecule has 8 heteroatoms. The maximum absolute atomic E-state index is 12.2. The molecule has 0 saturated heterocycles. The second kappa shape index (κ2) is 14.8. The molecule has 1 aromatic rings. The Bertz CT molecular complexity index is 891. The third kappa shape index (κ3) is 11.0. The number of esters is 2. The molecule has 1 N–H and O–H groups in total. The second-order valence-corrected chi connectivity index (χ2v) is 8.87. The van der Waals surface area contributed by atoms with Gasteiger partial charge in [0, 0.05) is 29.7 Å². The Morgan fingerprint density at radius 1 is 0.914 bits per heavy atom. The van der Waals surface area contributed by atoms with Crippen LogP contribution in [0.5, 0.6) is 0 Å². The van der Waals surface area contributed by atoms with Crippen LogP contribution in [0.25, 0.3) is 0 Å². The number of benzene rings is 1. The van der Waals surface area contributed by atoms with E-state index in [1.54, 1.807) is 6.92 Å². The van der Waals surface area contributed by atoms with Crippen LogP contribution in [-0.4, -0.2) is 61.2 Å². The van der Waals surface area contributed by atoms with Gasteiger partial charge in [0.05, 0.1) is 6.61 Å². The van der Waals surface area contributed by atoms with Crippen LogP contribution in [0, 0.1) is 20.8 Å². The number of hydrogen-bond acceptors (Lipinski definition) is 6. The quantitative estimate of drug-likeness (QED) is 0.0980. The van der Waals surface area contributed by atoms with Crippen molar-refractivity contribution in [2.45, 2.75) is 58.9 Å². The van der Waals surface area contributed by atoms with Gasteiger partial charge in [0.2, 0.25) is 5.69 Å². The number of ether oxygens (including phenoxy) is 3. The van der Waals surface area contributed by atoms with E-state index in [4.69, 9.17) is 14.2 Å². The molecule has 0 radical (unpaired) electrons. The van der Waals surface area contributed by atoms with Gasteiger partial charge in [-0.15, -0.1) is 0 Å². The Balaban J connectivity index is 2.39. The van der Waals surface area contributed by atoms with Gasteiger partial charge >= 0.3 is 18.0 Å². The zero-order chi connectivity index (χ0) is 26.4. The first-order valence-corrected chi connectivity index (χ1v) is 11.7. The number of nitrogens with one attached hydrogen (secondary N) is 1. The molecule has 0 aliphatic heterocycles. The van der Waals surface area contributed by atoms with Crippen LogP contribution < -0.4 is 5.32 Å². The summed E-state index contributed by atoms with van der Waals surface area (Å²) in [6.07, 6.45) is 4.89. The summed E-state index contributed by atoms with van der Waals surface area (Å²) in [4.78, 5) is 35.0. The number of carbonyl (C=O) groups excluding carboxylic acids is 3. The largest absolute Gasteiger partial charge is 0.460 e. The number of unbranched alkanes of at least 4 members (excludes halogenated alkanes) is 3. The van der Waals surface area contributed by atoms with Crippen LogP contribution in [0.3, 0.4) is 0 Å². The van der Waals surface area contributed by atoms with Crippen molar-refractivity contribution >= 4 is 30.4 Å². The van der Waals surface area contributed by atoms with Crippen LogP contribution in [0.2, 0.25) is 0 Å². The predicted molar refractivity (Wildman–Crippen MR) is 136 cm³/mol. The summed E-state index contributed by atoms with van der Waals surface area (Å²) in [5, 5.41) is 2.60. The van der Waals surface area contributed by atoms with Gasteiger partial charge in [0.15, 0.2) is 0 Å². The SMILES string of the molecule is C=CC(=O)OCC(C)(COC(=O)C=C)NC(=O)OCCCCCC[N+](=C)c1c(C)cc(C)cc1C. The number of aryl methyl sites for hydroxylation is 3. The number of alkyl carbamates (subject to hydrolysis) is 1. The molecule has 0 atom stereocenters. The lowest BCUT2D eigenvalue weighted by Gasteiger charge is -2.29. The first-order chi connectivity index (χ1) is 16.5. The fraction of sp³-hybridized carbons (Fsp3) is 0.481. The van der Waals surface area contributed by atoms with Crippen molar-refractivity contribution in [3.63, 3.8) is 0 Å². The van der Waals surface area contributed by atoms with Gasteiger partial charge in [-0.05, 0) is 59.1 Å². The fourth-order valence-corrected chi connectivity index (χ4v) is 3.68.